The van der Waals surface area contributed by atoms with Gasteiger partial charge >= 0.3 is 0 Å². The normalized spacial score (nSPS) is 11.7. The largest absolute Gasteiger partial charge is 0.491 e. The average molecular weight is 390 g/mol. The van der Waals surface area contributed by atoms with E-state index in [0.29, 0.717) is 30.3 Å². The van der Waals surface area contributed by atoms with Crippen molar-refractivity contribution < 1.29 is 17.9 Å². The summed E-state index contributed by atoms with van der Waals surface area (Å²) in [5.41, 5.74) is 2.60. The van der Waals surface area contributed by atoms with Crippen molar-refractivity contribution in [2.24, 2.45) is 7.05 Å². The van der Waals surface area contributed by atoms with E-state index in [1.54, 1.807) is 44.0 Å². The zero-order valence-corrected chi connectivity index (χ0v) is 16.5. The topological polar surface area (TPSA) is 95.3 Å². The molecule has 0 saturated heterocycles. The zero-order chi connectivity index (χ0) is 19.6. The molecule has 0 fully saturated rings. The number of aryl methyl sites for hydroxylation is 3. The molecule has 0 radical (unpaired) electrons. The number of anilines is 1. The molecule has 0 amide bonds. The van der Waals surface area contributed by atoms with E-state index in [0.717, 1.165) is 16.6 Å². The summed E-state index contributed by atoms with van der Waals surface area (Å²) in [5, 5.41) is 5.09. The fourth-order valence-electron chi connectivity index (χ4n) is 2.76. The molecule has 0 atom stereocenters. The van der Waals surface area contributed by atoms with Crippen LogP contribution in [-0.4, -0.2) is 43.5 Å². The highest BCUT2D eigenvalue weighted by molar-refractivity contribution is 7.92. The second kappa shape index (κ2) is 7.53. The second-order valence-corrected chi connectivity index (χ2v) is 7.86. The van der Waals surface area contributed by atoms with Crippen LogP contribution in [0.1, 0.15) is 11.3 Å². The van der Waals surface area contributed by atoms with Crippen LogP contribution in [0.5, 0.6) is 5.75 Å². The second-order valence-electron chi connectivity index (χ2n) is 6.18. The van der Waals surface area contributed by atoms with Crippen molar-refractivity contribution in [1.82, 2.24) is 14.8 Å². The lowest BCUT2D eigenvalue weighted by atomic mass is 10.2. The van der Waals surface area contributed by atoms with Gasteiger partial charge in [0.2, 0.25) is 0 Å². The van der Waals surface area contributed by atoms with Gasteiger partial charge in [-0.05, 0) is 43.7 Å². The van der Waals surface area contributed by atoms with Gasteiger partial charge in [-0.3, -0.25) is 9.40 Å². The molecule has 0 aliphatic rings. The van der Waals surface area contributed by atoms with Crippen molar-refractivity contribution in [3.05, 3.63) is 41.7 Å². The Bertz CT molecular complexity index is 1080. The molecule has 2 heterocycles. The third kappa shape index (κ3) is 4.04. The molecule has 1 aromatic carbocycles. The Morgan fingerprint density at radius 2 is 1.96 bits per heavy atom. The maximum atomic E-state index is 12.7. The van der Waals surface area contributed by atoms with Crippen LogP contribution in [-0.2, 0) is 21.8 Å². The molecule has 9 heteroatoms. The summed E-state index contributed by atoms with van der Waals surface area (Å²) in [6, 6.07) is 6.47. The van der Waals surface area contributed by atoms with Gasteiger partial charge in [-0.1, -0.05) is 0 Å². The van der Waals surface area contributed by atoms with E-state index in [1.165, 1.54) is 12.3 Å². The Morgan fingerprint density at radius 3 is 2.67 bits per heavy atom. The molecular formula is C18H22N4O4S. The van der Waals surface area contributed by atoms with Crippen molar-refractivity contribution in [2.45, 2.75) is 18.7 Å². The van der Waals surface area contributed by atoms with Gasteiger partial charge in [0.05, 0.1) is 29.1 Å². The summed E-state index contributed by atoms with van der Waals surface area (Å²) in [6.07, 6.45) is 1.48. The summed E-state index contributed by atoms with van der Waals surface area (Å²) in [6.45, 7) is 4.52. The smallest absolute Gasteiger partial charge is 0.261 e. The lowest BCUT2D eigenvalue weighted by Crippen LogP contribution is -2.13. The number of methoxy groups -OCH3 is 1. The first-order chi connectivity index (χ1) is 12.8. The molecule has 8 nitrogen and oxygen atoms in total. The number of fused-ring (bicyclic) bond motifs is 1. The fraction of sp³-hybridized carbons (Fsp3) is 0.333. The van der Waals surface area contributed by atoms with Crippen molar-refractivity contribution in [3.63, 3.8) is 0 Å². The first kappa shape index (κ1) is 19.1. The number of nitrogens with zero attached hydrogens (tertiary/aromatic N) is 3. The highest BCUT2D eigenvalue weighted by Gasteiger charge is 2.17. The van der Waals surface area contributed by atoms with Gasteiger partial charge in [0.15, 0.2) is 5.65 Å². The van der Waals surface area contributed by atoms with Gasteiger partial charge in [-0.2, -0.15) is 5.10 Å². The number of hydrogen-bond donors (Lipinski definition) is 1. The van der Waals surface area contributed by atoms with Crippen molar-refractivity contribution >= 4 is 26.7 Å². The summed E-state index contributed by atoms with van der Waals surface area (Å²) in [5.74, 6) is 0.625. The molecule has 3 rings (SSSR count). The molecule has 0 bridgehead atoms. The number of hydrogen-bond acceptors (Lipinski definition) is 6. The minimum absolute atomic E-state index is 0.155. The number of rotatable bonds is 7. The van der Waals surface area contributed by atoms with Crippen LogP contribution in [0.25, 0.3) is 11.0 Å². The van der Waals surface area contributed by atoms with E-state index in [2.05, 4.69) is 14.8 Å². The van der Waals surface area contributed by atoms with Gasteiger partial charge in [-0.25, -0.2) is 13.4 Å². The van der Waals surface area contributed by atoms with Crippen LogP contribution >= 0.6 is 0 Å². The third-order valence-electron chi connectivity index (χ3n) is 4.12. The summed E-state index contributed by atoms with van der Waals surface area (Å²) < 4.78 is 40.2. The summed E-state index contributed by atoms with van der Waals surface area (Å²) >= 11 is 0. The van der Waals surface area contributed by atoms with E-state index in [-0.39, 0.29) is 4.90 Å². The van der Waals surface area contributed by atoms with Crippen molar-refractivity contribution in [3.8, 4) is 5.75 Å². The van der Waals surface area contributed by atoms with E-state index < -0.39 is 10.0 Å². The minimum atomic E-state index is -3.75. The van der Waals surface area contributed by atoms with Crippen molar-refractivity contribution in [2.75, 3.05) is 25.0 Å². The monoisotopic (exact) mass is 390 g/mol. The number of aromatic nitrogens is 3. The molecule has 0 aliphatic carbocycles. The average Bonchev–Trinajstić information content (AvgIpc) is 2.90. The minimum Gasteiger partial charge on any atom is -0.491 e. The van der Waals surface area contributed by atoms with Gasteiger partial charge in [-0.15, -0.1) is 0 Å². The van der Waals surface area contributed by atoms with Gasteiger partial charge in [0, 0.05) is 19.5 Å². The summed E-state index contributed by atoms with van der Waals surface area (Å²) in [7, 11) is -0.359. The Labute approximate surface area is 158 Å². The first-order valence-corrected chi connectivity index (χ1v) is 9.84. The number of ether oxygens (including phenoxy) is 2. The van der Waals surface area contributed by atoms with Crippen LogP contribution in [0.3, 0.4) is 0 Å². The van der Waals surface area contributed by atoms with E-state index >= 15 is 0 Å². The van der Waals surface area contributed by atoms with E-state index in [9.17, 15) is 8.42 Å². The Morgan fingerprint density at radius 1 is 1.19 bits per heavy atom. The Hall–Kier alpha value is -2.65. The molecular weight excluding hydrogens is 368 g/mol. The van der Waals surface area contributed by atoms with E-state index in [4.69, 9.17) is 9.47 Å². The maximum absolute atomic E-state index is 12.7. The lowest BCUT2D eigenvalue weighted by Gasteiger charge is -2.12. The van der Waals surface area contributed by atoms with Crippen LogP contribution in [0.4, 0.5) is 5.69 Å². The molecule has 27 heavy (non-hydrogen) atoms. The maximum Gasteiger partial charge on any atom is 0.261 e. The number of benzene rings is 1. The van der Waals surface area contributed by atoms with Crippen molar-refractivity contribution in [1.29, 1.82) is 0 Å². The third-order valence-corrected chi connectivity index (χ3v) is 5.50. The van der Waals surface area contributed by atoms with Crippen LogP contribution in [0.15, 0.2) is 35.4 Å². The Kier molecular flexibility index (Phi) is 5.33. The van der Waals surface area contributed by atoms with Crippen LogP contribution < -0.4 is 9.46 Å². The fourth-order valence-corrected chi connectivity index (χ4v) is 3.88. The molecule has 1 N–H and O–H groups in total. The molecule has 144 valence electrons. The highest BCUT2D eigenvalue weighted by Crippen LogP contribution is 2.25. The number of nitrogens with one attached hydrogen (secondary N) is 1. The van der Waals surface area contributed by atoms with Gasteiger partial charge < -0.3 is 9.47 Å². The predicted octanol–water partition coefficient (Wildman–Crippen LogP) is 2.41. The lowest BCUT2D eigenvalue weighted by molar-refractivity contribution is 0.146. The SMILES string of the molecule is COCCOc1ccc(S(=O)(=O)Nc2cnc3c(c2)c(C)nn3C)cc1C. The number of pyridine rings is 1. The molecule has 0 spiro atoms. The number of sulfonamides is 1. The predicted molar refractivity (Wildman–Crippen MR) is 103 cm³/mol. The highest BCUT2D eigenvalue weighted by atomic mass is 32.2. The molecule has 2 aromatic heterocycles. The summed E-state index contributed by atoms with van der Waals surface area (Å²) in [4.78, 5) is 4.45. The zero-order valence-electron chi connectivity index (χ0n) is 15.7. The molecule has 0 saturated carbocycles. The molecule has 3 aromatic rings. The molecule has 0 unspecified atom stereocenters. The van der Waals surface area contributed by atoms with Gasteiger partial charge in [0.1, 0.15) is 12.4 Å². The molecule has 0 aliphatic heterocycles. The van der Waals surface area contributed by atoms with Crippen LogP contribution in [0, 0.1) is 13.8 Å². The van der Waals surface area contributed by atoms with Crippen LogP contribution in [0.2, 0.25) is 0 Å². The Balaban J connectivity index is 1.84. The standard InChI is InChI=1S/C18H22N4O4S/c1-12-9-15(5-6-17(12)26-8-7-25-4)27(23,24)21-14-10-16-13(2)20-22(3)18(16)19-11-14/h5-6,9-11,21H,7-8H2,1-4H3. The van der Waals surface area contributed by atoms with E-state index in [1.807, 2.05) is 6.92 Å². The van der Waals surface area contributed by atoms with Gasteiger partial charge in [0.25, 0.3) is 10.0 Å². The first-order valence-electron chi connectivity index (χ1n) is 8.36. The quantitative estimate of drug-likeness (QED) is 0.623.